The van der Waals surface area contributed by atoms with E-state index in [-0.39, 0.29) is 26.1 Å². The maximum Gasteiger partial charge on any atom is 0.472 e. The first-order valence-corrected chi connectivity index (χ1v) is 20.2. The normalized spacial score (nSPS) is 15.0. The van der Waals surface area contributed by atoms with Crippen LogP contribution in [0.4, 0.5) is 0 Å². The van der Waals surface area contributed by atoms with Crippen molar-refractivity contribution in [3.05, 3.63) is 109 Å². The Morgan fingerprint density at radius 2 is 1.06 bits per heavy atom. The minimum atomic E-state index is -4.40. The number of ether oxygens (including phenoxy) is 2. The molecule has 0 radical (unpaired) electrons. The highest BCUT2D eigenvalue weighted by molar-refractivity contribution is 7.47. The monoisotopic (exact) mass is 744 g/mol. The van der Waals surface area contributed by atoms with E-state index in [9.17, 15) is 19.0 Å². The molecule has 0 heterocycles. The number of likely N-dealkylation sites (N-methyl/N-ethyl adjacent to an activating group) is 1. The molecule has 0 bridgehead atoms. The van der Waals surface area contributed by atoms with Crippen LogP contribution in [0.5, 0.6) is 0 Å². The SMILES string of the molecule is CC/C=C/C=C/C=C/C=C/C=C/CCCC(=O)OC(COC(=O)CCCCCCC/C=C/C=C/C=C/C=C/CC)COP(=O)(O)OCC[N+](C)(C)C. The molecule has 2 atom stereocenters. The fourth-order valence-corrected chi connectivity index (χ4v) is 4.85. The Kier molecular flexibility index (Phi) is 31.4. The standard InChI is InChI=1S/C42H66NO8P/c1-6-8-10-12-14-16-18-20-21-23-24-26-28-30-32-34-41(44)48-38-40(39-50-52(46,47)49-37-36-43(3,4)5)51-42(45)35-33-31-29-27-25-22-19-17-15-13-11-9-7-2/h8-22,25,27,29,40H,6-7,23-24,26,28,30-39H2,1-5H3/p+1/b10-8+,11-9+,14-12+,15-13+,18-16+,19-17+,21-20+,25-22+,29-27+. The molecule has 52 heavy (non-hydrogen) atoms. The molecule has 0 saturated carbocycles. The van der Waals surface area contributed by atoms with Crippen LogP contribution in [0.2, 0.25) is 0 Å². The first kappa shape index (κ1) is 48.7. The summed E-state index contributed by atoms with van der Waals surface area (Å²) in [5, 5.41) is 0. The van der Waals surface area contributed by atoms with Gasteiger partial charge >= 0.3 is 19.8 Å². The highest BCUT2D eigenvalue weighted by Crippen LogP contribution is 2.43. The van der Waals surface area contributed by atoms with Gasteiger partial charge in [0, 0.05) is 12.8 Å². The summed E-state index contributed by atoms with van der Waals surface area (Å²) in [6.07, 6.45) is 44.4. The van der Waals surface area contributed by atoms with Crippen molar-refractivity contribution in [3.63, 3.8) is 0 Å². The van der Waals surface area contributed by atoms with E-state index in [0.29, 0.717) is 30.3 Å². The molecule has 0 aliphatic carbocycles. The van der Waals surface area contributed by atoms with Crippen molar-refractivity contribution in [1.82, 2.24) is 0 Å². The number of phosphoric ester groups is 1. The van der Waals surface area contributed by atoms with Gasteiger partial charge in [0.05, 0.1) is 27.7 Å². The summed E-state index contributed by atoms with van der Waals surface area (Å²) < 4.78 is 34.0. The Bertz CT molecular complexity index is 1250. The van der Waals surface area contributed by atoms with Crippen molar-refractivity contribution in [1.29, 1.82) is 0 Å². The number of hydrogen-bond donors (Lipinski definition) is 1. The van der Waals surface area contributed by atoms with Gasteiger partial charge in [0.1, 0.15) is 19.8 Å². The molecule has 0 rings (SSSR count). The number of rotatable bonds is 31. The lowest BCUT2D eigenvalue weighted by Crippen LogP contribution is -2.37. The molecule has 0 aliphatic heterocycles. The molecule has 9 nitrogen and oxygen atoms in total. The summed E-state index contributed by atoms with van der Waals surface area (Å²) in [5.74, 6) is -0.930. The van der Waals surface area contributed by atoms with E-state index in [0.717, 1.165) is 44.9 Å². The first-order chi connectivity index (χ1) is 25.0. The van der Waals surface area contributed by atoms with Gasteiger partial charge in [-0.1, -0.05) is 142 Å². The van der Waals surface area contributed by atoms with Crippen molar-refractivity contribution in [3.8, 4) is 0 Å². The Morgan fingerprint density at radius 1 is 0.596 bits per heavy atom. The molecule has 292 valence electrons. The number of hydrogen-bond acceptors (Lipinski definition) is 7. The highest BCUT2D eigenvalue weighted by Gasteiger charge is 2.27. The number of unbranched alkanes of at least 4 members (excludes halogenated alkanes) is 6. The summed E-state index contributed by atoms with van der Waals surface area (Å²) in [7, 11) is 1.39. The van der Waals surface area contributed by atoms with E-state index in [1.54, 1.807) is 0 Å². The second-order valence-electron chi connectivity index (χ2n) is 13.1. The summed E-state index contributed by atoms with van der Waals surface area (Å²) in [6.45, 7) is 3.96. The highest BCUT2D eigenvalue weighted by atomic mass is 31.2. The zero-order chi connectivity index (χ0) is 38.6. The van der Waals surface area contributed by atoms with Crippen LogP contribution in [-0.2, 0) is 32.7 Å². The smallest absolute Gasteiger partial charge is 0.462 e. The summed E-state index contributed by atoms with van der Waals surface area (Å²) in [6, 6.07) is 0. The van der Waals surface area contributed by atoms with E-state index in [1.165, 1.54) is 0 Å². The largest absolute Gasteiger partial charge is 0.472 e. The Hall–Kier alpha value is -3.33. The average Bonchev–Trinajstić information content (AvgIpc) is 3.09. The molecular formula is C42H67NO8P+. The molecule has 10 heteroatoms. The number of carbonyl (C=O) groups is 2. The van der Waals surface area contributed by atoms with Gasteiger partial charge in [0.15, 0.2) is 6.10 Å². The van der Waals surface area contributed by atoms with Gasteiger partial charge in [-0.05, 0) is 44.9 Å². The predicted molar refractivity (Wildman–Crippen MR) is 214 cm³/mol. The van der Waals surface area contributed by atoms with Crippen LogP contribution in [0.3, 0.4) is 0 Å². The van der Waals surface area contributed by atoms with Crippen molar-refractivity contribution < 1.29 is 42.1 Å². The van der Waals surface area contributed by atoms with E-state index >= 15 is 0 Å². The topological polar surface area (TPSA) is 108 Å². The molecule has 0 aromatic heterocycles. The fourth-order valence-electron chi connectivity index (χ4n) is 4.11. The van der Waals surface area contributed by atoms with Gasteiger partial charge in [0.25, 0.3) is 0 Å². The van der Waals surface area contributed by atoms with Gasteiger partial charge in [-0.25, -0.2) is 4.57 Å². The van der Waals surface area contributed by atoms with Crippen LogP contribution in [-0.4, -0.2) is 74.9 Å². The average molecular weight is 745 g/mol. The Labute approximate surface area is 315 Å². The number of phosphoric acid groups is 1. The van der Waals surface area contributed by atoms with Crippen LogP contribution < -0.4 is 0 Å². The second kappa shape index (κ2) is 33.5. The van der Waals surface area contributed by atoms with Crippen LogP contribution in [0, 0.1) is 0 Å². The zero-order valence-electron chi connectivity index (χ0n) is 32.5. The molecule has 1 N–H and O–H groups in total. The molecule has 0 saturated heterocycles. The number of carbonyl (C=O) groups excluding carboxylic acids is 2. The lowest BCUT2D eigenvalue weighted by molar-refractivity contribution is -0.870. The quantitative estimate of drug-likeness (QED) is 0.0246. The van der Waals surface area contributed by atoms with Crippen molar-refractivity contribution >= 4 is 19.8 Å². The fraction of sp³-hybridized carbons (Fsp3) is 0.524. The third-order valence-electron chi connectivity index (χ3n) is 7.02. The molecule has 0 aliphatic rings. The van der Waals surface area contributed by atoms with Gasteiger partial charge in [0.2, 0.25) is 0 Å². The lowest BCUT2D eigenvalue weighted by atomic mass is 10.1. The molecule has 2 unspecified atom stereocenters. The molecule has 0 aromatic rings. The number of esters is 2. The van der Waals surface area contributed by atoms with Crippen LogP contribution in [0.1, 0.15) is 90.9 Å². The van der Waals surface area contributed by atoms with E-state index in [1.807, 2.05) is 106 Å². The van der Waals surface area contributed by atoms with Gasteiger partial charge < -0.3 is 18.9 Å². The van der Waals surface area contributed by atoms with Crippen LogP contribution in [0.25, 0.3) is 0 Å². The predicted octanol–water partition coefficient (Wildman–Crippen LogP) is 10.0. The maximum absolute atomic E-state index is 12.6. The van der Waals surface area contributed by atoms with Crippen LogP contribution in [0.15, 0.2) is 109 Å². The summed E-state index contributed by atoms with van der Waals surface area (Å²) >= 11 is 0. The van der Waals surface area contributed by atoms with Gasteiger partial charge in [-0.2, -0.15) is 0 Å². The third kappa shape index (κ3) is 36.5. The van der Waals surface area contributed by atoms with E-state index in [4.69, 9.17) is 18.5 Å². The lowest BCUT2D eigenvalue weighted by Gasteiger charge is -2.24. The number of quaternary nitrogens is 1. The van der Waals surface area contributed by atoms with E-state index in [2.05, 4.69) is 38.2 Å². The summed E-state index contributed by atoms with van der Waals surface area (Å²) in [4.78, 5) is 35.1. The molecule has 0 spiro atoms. The number of nitrogens with zero attached hydrogens (tertiary/aromatic N) is 1. The Balaban J connectivity index is 4.64. The van der Waals surface area contributed by atoms with Gasteiger partial charge in [-0.15, -0.1) is 0 Å². The van der Waals surface area contributed by atoms with Gasteiger partial charge in [-0.3, -0.25) is 18.6 Å². The van der Waals surface area contributed by atoms with Crippen molar-refractivity contribution in [2.24, 2.45) is 0 Å². The minimum Gasteiger partial charge on any atom is -0.462 e. The maximum atomic E-state index is 12.6. The minimum absolute atomic E-state index is 0.00664. The molecular weight excluding hydrogens is 677 g/mol. The van der Waals surface area contributed by atoms with Crippen LogP contribution >= 0.6 is 7.82 Å². The zero-order valence-corrected chi connectivity index (χ0v) is 33.4. The van der Waals surface area contributed by atoms with Crippen molar-refractivity contribution in [2.75, 3.05) is 47.5 Å². The first-order valence-electron chi connectivity index (χ1n) is 18.7. The summed E-state index contributed by atoms with van der Waals surface area (Å²) in [5.41, 5.74) is 0. The van der Waals surface area contributed by atoms with Crippen molar-refractivity contribution in [2.45, 2.75) is 97.0 Å². The third-order valence-corrected chi connectivity index (χ3v) is 8.01. The molecule has 0 aromatic carbocycles. The van der Waals surface area contributed by atoms with E-state index < -0.39 is 32.5 Å². The number of allylic oxidation sites excluding steroid dienone is 18. The second-order valence-corrected chi connectivity index (χ2v) is 14.5. The molecule has 0 amide bonds. The Morgan fingerprint density at radius 3 is 1.60 bits per heavy atom. The molecule has 0 fully saturated rings.